The van der Waals surface area contributed by atoms with Gasteiger partial charge in [-0.05, 0) is 80.4 Å². The topological polar surface area (TPSA) is 129 Å². The number of hydrogen-bond donors (Lipinski definition) is 3. The lowest BCUT2D eigenvalue weighted by Crippen LogP contribution is -2.22. The van der Waals surface area contributed by atoms with E-state index >= 15 is 0 Å². The van der Waals surface area contributed by atoms with Crippen molar-refractivity contribution in [2.24, 2.45) is 0 Å². The van der Waals surface area contributed by atoms with Crippen LogP contribution in [0.3, 0.4) is 0 Å². The number of ether oxygens (including phenoxy) is 1. The molecule has 3 N–H and O–H groups in total. The number of nitrogens with one attached hydrogen (secondary N) is 2. The molecule has 0 amide bonds. The van der Waals surface area contributed by atoms with Crippen LogP contribution in [0, 0.1) is 32.0 Å². The molecular formula is C37H34F2N6O4. The lowest BCUT2D eigenvalue weighted by atomic mass is 9.95. The van der Waals surface area contributed by atoms with Gasteiger partial charge in [-0.3, -0.25) is 4.90 Å². The van der Waals surface area contributed by atoms with Crippen LogP contribution in [0.2, 0.25) is 0 Å². The first-order valence-corrected chi connectivity index (χ1v) is 16.0. The summed E-state index contributed by atoms with van der Waals surface area (Å²) in [5.74, 6) is 1.96. The van der Waals surface area contributed by atoms with E-state index in [1.807, 2.05) is 19.2 Å². The summed E-state index contributed by atoms with van der Waals surface area (Å²) in [6.07, 6.45) is 12.1. The molecule has 2 unspecified atom stereocenters. The van der Waals surface area contributed by atoms with Crippen LogP contribution in [0.1, 0.15) is 41.5 Å². The van der Waals surface area contributed by atoms with Gasteiger partial charge in [-0.25, -0.2) is 18.6 Å². The van der Waals surface area contributed by atoms with Crippen LogP contribution in [0.4, 0.5) is 14.6 Å². The predicted octanol–water partition coefficient (Wildman–Crippen LogP) is 6.54. The minimum absolute atomic E-state index is 0.0132. The van der Waals surface area contributed by atoms with Crippen LogP contribution in [-0.4, -0.2) is 62.4 Å². The molecule has 0 radical (unpaired) electrons. The van der Waals surface area contributed by atoms with E-state index in [0.29, 0.717) is 35.5 Å². The smallest absolute Gasteiger partial charge is 0.349 e. The van der Waals surface area contributed by atoms with Crippen molar-refractivity contribution in [2.75, 3.05) is 25.5 Å². The van der Waals surface area contributed by atoms with E-state index in [1.165, 1.54) is 44.2 Å². The molecule has 2 fully saturated rings. The Morgan fingerprint density at radius 2 is 2.06 bits per heavy atom. The first-order chi connectivity index (χ1) is 23.6. The fourth-order valence-corrected chi connectivity index (χ4v) is 6.97. The quantitative estimate of drug-likeness (QED) is 0.176. The number of phenols is 1. The number of anilines is 1. The zero-order valence-corrected chi connectivity index (χ0v) is 27.2. The molecule has 2 saturated heterocycles. The molecule has 12 heteroatoms. The highest BCUT2D eigenvalue weighted by Crippen LogP contribution is 2.39. The third kappa shape index (κ3) is 5.91. The van der Waals surface area contributed by atoms with E-state index in [0.717, 1.165) is 35.1 Å². The lowest BCUT2D eigenvalue weighted by Gasteiger charge is -2.14. The molecule has 250 valence electrons. The van der Waals surface area contributed by atoms with Gasteiger partial charge in [-0.15, -0.1) is 6.42 Å². The van der Waals surface area contributed by atoms with Crippen LogP contribution in [0.25, 0.3) is 44.0 Å². The minimum Gasteiger partial charge on any atom is -0.508 e. The van der Waals surface area contributed by atoms with Crippen LogP contribution in [-0.2, 0) is 6.54 Å². The van der Waals surface area contributed by atoms with Crippen molar-refractivity contribution in [3.63, 3.8) is 0 Å². The molecule has 2 aliphatic rings. The molecule has 8 rings (SSSR count). The highest BCUT2D eigenvalue weighted by Gasteiger charge is 2.34. The van der Waals surface area contributed by atoms with Gasteiger partial charge in [0.2, 0.25) is 0 Å². The second kappa shape index (κ2) is 12.8. The number of rotatable bonds is 5. The molecular weight excluding hydrogens is 630 g/mol. The van der Waals surface area contributed by atoms with E-state index in [1.54, 1.807) is 13.1 Å². The van der Waals surface area contributed by atoms with Crippen molar-refractivity contribution >= 4 is 38.5 Å². The predicted molar refractivity (Wildman–Crippen MR) is 184 cm³/mol. The van der Waals surface area contributed by atoms with Crippen LogP contribution in [0.15, 0.2) is 51.9 Å². The second-order valence-corrected chi connectivity index (χ2v) is 12.5. The van der Waals surface area contributed by atoms with Gasteiger partial charge in [0.05, 0.1) is 18.2 Å². The third-order valence-electron chi connectivity index (χ3n) is 9.27. The van der Waals surface area contributed by atoms with Gasteiger partial charge in [0.25, 0.3) is 0 Å². The summed E-state index contributed by atoms with van der Waals surface area (Å²) in [6, 6.07) is 8.23. The van der Waals surface area contributed by atoms with Crippen molar-refractivity contribution in [2.45, 2.75) is 51.9 Å². The van der Waals surface area contributed by atoms with E-state index in [-0.39, 0.29) is 45.4 Å². The summed E-state index contributed by atoms with van der Waals surface area (Å²) < 4.78 is 38.4. The molecule has 6 aromatic rings. The number of nitrogens with zero attached hydrogens (tertiary/aromatic N) is 4. The first-order valence-electron chi connectivity index (χ1n) is 16.0. The van der Waals surface area contributed by atoms with Crippen molar-refractivity contribution in [1.82, 2.24) is 24.8 Å². The maximum atomic E-state index is 14.7. The molecule has 10 nitrogen and oxygen atoms in total. The number of benzene rings is 2. The van der Waals surface area contributed by atoms with Gasteiger partial charge in [-0.2, -0.15) is 9.97 Å². The van der Waals surface area contributed by atoms with Gasteiger partial charge in [0.1, 0.15) is 40.3 Å². The van der Waals surface area contributed by atoms with Gasteiger partial charge in [-0.1, -0.05) is 12.0 Å². The number of halogens is 2. The molecule has 0 bridgehead atoms. The molecule has 0 saturated carbocycles. The van der Waals surface area contributed by atoms with E-state index in [4.69, 9.17) is 15.6 Å². The van der Waals surface area contributed by atoms with Crippen molar-refractivity contribution < 1.29 is 23.0 Å². The maximum absolute atomic E-state index is 14.7. The third-order valence-corrected chi connectivity index (χ3v) is 9.27. The monoisotopic (exact) mass is 664 g/mol. The Morgan fingerprint density at radius 3 is 2.84 bits per heavy atom. The van der Waals surface area contributed by atoms with Crippen LogP contribution in [0.5, 0.6) is 11.8 Å². The molecule has 0 spiro atoms. The number of aromatic nitrogens is 4. The number of alkyl halides is 1. The number of fused-ring (bicyclic) bond motifs is 4. The lowest BCUT2D eigenvalue weighted by molar-refractivity contribution is 0.292. The fourth-order valence-electron chi connectivity index (χ4n) is 6.97. The standard InChI is InChI=1S/C30H22FN5O4.C7H12FN/c1-5-19-22(31)7-6-16-9-18(37)10-21(23(16)19)26-15(3)25-24(29(38)40-26)28(36-30(35-25)39-4)34-13-17-12-33-27-20(17)8-14(2)11-32-27;8-6-4-7-2-1-3-9(7)5-6/h1,6-12,37H,13H2,2-4H3,(H,32,33)(H,34,35,36);6-7H,1-5H2. The summed E-state index contributed by atoms with van der Waals surface area (Å²) in [5, 5.41) is 15.5. The average molecular weight is 665 g/mol. The number of phenolic OH excluding ortho intramolecular Hbond substituents is 1. The van der Waals surface area contributed by atoms with E-state index in [2.05, 4.69) is 36.1 Å². The van der Waals surface area contributed by atoms with Gasteiger partial charge in [0, 0.05) is 53.4 Å². The Kier molecular flexibility index (Phi) is 8.38. The Bertz CT molecular complexity index is 2340. The Balaban J connectivity index is 0.000000361. The zero-order chi connectivity index (χ0) is 34.4. The van der Waals surface area contributed by atoms with Crippen LogP contribution >= 0.6 is 0 Å². The largest absolute Gasteiger partial charge is 0.508 e. The number of methoxy groups -OCH3 is 1. The van der Waals surface area contributed by atoms with Crippen molar-refractivity contribution in [3.05, 3.63) is 81.2 Å². The average Bonchev–Trinajstić information content (AvgIpc) is 3.80. The number of aromatic amines is 1. The van der Waals surface area contributed by atoms with Gasteiger partial charge < -0.3 is 24.6 Å². The van der Waals surface area contributed by atoms with Crippen molar-refractivity contribution in [1.29, 1.82) is 0 Å². The molecule has 0 aliphatic carbocycles. The summed E-state index contributed by atoms with van der Waals surface area (Å²) in [5.41, 5.74) is 2.91. The number of aryl methyl sites for hydroxylation is 2. The zero-order valence-electron chi connectivity index (χ0n) is 27.2. The molecule has 2 atom stereocenters. The van der Waals surface area contributed by atoms with E-state index < -0.39 is 17.6 Å². The highest BCUT2D eigenvalue weighted by molar-refractivity contribution is 6.03. The number of aromatic hydroxyl groups is 1. The highest BCUT2D eigenvalue weighted by atomic mass is 19.1. The maximum Gasteiger partial charge on any atom is 0.349 e. The van der Waals surface area contributed by atoms with E-state index in [9.17, 15) is 18.7 Å². The van der Waals surface area contributed by atoms with Crippen molar-refractivity contribution in [3.8, 4) is 35.4 Å². The molecule has 2 aliphatic heterocycles. The number of hydrogen-bond acceptors (Lipinski definition) is 9. The normalized spacial score (nSPS) is 17.2. The molecule has 6 heterocycles. The number of H-pyrrole nitrogens is 1. The summed E-state index contributed by atoms with van der Waals surface area (Å²) >= 11 is 0. The summed E-state index contributed by atoms with van der Waals surface area (Å²) in [7, 11) is 1.42. The van der Waals surface area contributed by atoms with Gasteiger partial charge >= 0.3 is 11.6 Å². The number of terminal acetylenes is 1. The Labute approximate surface area is 280 Å². The summed E-state index contributed by atoms with van der Waals surface area (Å²) in [4.78, 5) is 32.1. The Morgan fingerprint density at radius 1 is 1.22 bits per heavy atom. The molecule has 2 aromatic carbocycles. The van der Waals surface area contributed by atoms with Gasteiger partial charge in [0.15, 0.2) is 0 Å². The second-order valence-electron chi connectivity index (χ2n) is 12.5. The van der Waals surface area contributed by atoms with Crippen LogP contribution < -0.4 is 15.7 Å². The summed E-state index contributed by atoms with van der Waals surface area (Å²) in [6.45, 7) is 5.84. The fraction of sp³-hybridized carbons (Fsp3) is 0.297. The first kappa shape index (κ1) is 32.0. The SMILES string of the molecule is C#Cc1c(F)ccc2cc(O)cc(-c3oc(=O)c4c(NCc5c[nH]c6ncc(C)cc56)nc(OC)nc4c3C)c12.FC1CC2CCCN2C1. The molecule has 4 aromatic heterocycles. The number of pyridine rings is 1. The molecule has 49 heavy (non-hydrogen) atoms. The Hall–Kier alpha value is -5.54. The minimum atomic E-state index is -0.729.